The number of hydrogen-bond donors (Lipinski definition) is 2. The zero-order chi connectivity index (χ0) is 23.9. The molecule has 172 valence electrons. The molecule has 4 aromatic rings. The highest BCUT2D eigenvalue weighted by Crippen LogP contribution is 2.34. The number of aryl methyl sites for hydroxylation is 1. The van der Waals surface area contributed by atoms with E-state index in [1.807, 2.05) is 92.7 Å². The summed E-state index contributed by atoms with van der Waals surface area (Å²) in [6.45, 7) is 3.88. The minimum atomic E-state index is -0.470. The van der Waals surface area contributed by atoms with Gasteiger partial charge in [0, 0.05) is 17.0 Å². The molecule has 0 aliphatic heterocycles. The van der Waals surface area contributed by atoms with Gasteiger partial charge in [-0.15, -0.1) is 0 Å². The maximum absolute atomic E-state index is 13.1. The van der Waals surface area contributed by atoms with E-state index in [1.54, 1.807) is 24.3 Å². The monoisotopic (exact) mass is 452 g/mol. The standard InChI is InChI=1S/C29H28N2O3/c1-20-18-19-25(34-20)27(31-29(33)24-16-10-5-11-17-24)21(2)26(22-12-6-3-7-13-22)30-28(32)23-14-8-4-9-15-23/h3-19,21,26-27H,1-2H3,(H,30,32)(H,31,33)/t21-,26-,27+/m1/s1. The van der Waals surface area contributed by atoms with Crippen molar-refractivity contribution in [2.24, 2.45) is 5.92 Å². The van der Waals surface area contributed by atoms with E-state index in [0.29, 0.717) is 16.9 Å². The summed E-state index contributed by atoms with van der Waals surface area (Å²) in [5, 5.41) is 6.33. The number of benzene rings is 3. The van der Waals surface area contributed by atoms with Gasteiger partial charge in [-0.2, -0.15) is 0 Å². The van der Waals surface area contributed by atoms with Gasteiger partial charge in [-0.3, -0.25) is 9.59 Å². The van der Waals surface area contributed by atoms with E-state index in [-0.39, 0.29) is 23.8 Å². The van der Waals surface area contributed by atoms with Gasteiger partial charge in [0.2, 0.25) is 0 Å². The number of amides is 2. The average Bonchev–Trinajstić information content (AvgIpc) is 3.32. The zero-order valence-corrected chi connectivity index (χ0v) is 19.3. The lowest BCUT2D eigenvalue weighted by Crippen LogP contribution is -2.40. The maximum Gasteiger partial charge on any atom is 0.251 e. The molecular weight excluding hydrogens is 424 g/mol. The van der Waals surface area contributed by atoms with Crippen LogP contribution in [0.1, 0.15) is 56.8 Å². The molecule has 4 rings (SSSR count). The molecule has 1 heterocycles. The molecule has 5 nitrogen and oxygen atoms in total. The summed E-state index contributed by atoms with van der Waals surface area (Å²) >= 11 is 0. The first-order valence-corrected chi connectivity index (χ1v) is 11.4. The lowest BCUT2D eigenvalue weighted by molar-refractivity contribution is 0.0882. The highest BCUT2D eigenvalue weighted by molar-refractivity contribution is 5.95. The van der Waals surface area contributed by atoms with Crippen LogP contribution in [0.4, 0.5) is 0 Å². The second-order valence-corrected chi connectivity index (χ2v) is 8.35. The van der Waals surface area contributed by atoms with Crippen molar-refractivity contribution in [1.82, 2.24) is 10.6 Å². The van der Waals surface area contributed by atoms with Crippen molar-refractivity contribution in [1.29, 1.82) is 0 Å². The molecule has 3 aromatic carbocycles. The quantitative estimate of drug-likeness (QED) is 0.351. The van der Waals surface area contributed by atoms with Crippen LogP contribution in [0.2, 0.25) is 0 Å². The summed E-state index contributed by atoms with van der Waals surface area (Å²) < 4.78 is 5.95. The van der Waals surface area contributed by atoms with Crippen LogP contribution in [0.15, 0.2) is 108 Å². The van der Waals surface area contributed by atoms with Gasteiger partial charge >= 0.3 is 0 Å². The van der Waals surface area contributed by atoms with Crippen molar-refractivity contribution in [3.63, 3.8) is 0 Å². The summed E-state index contributed by atoms with van der Waals surface area (Å²) in [6.07, 6.45) is 0. The number of rotatable bonds is 8. The van der Waals surface area contributed by atoms with Crippen molar-refractivity contribution in [3.05, 3.63) is 131 Å². The van der Waals surface area contributed by atoms with E-state index in [9.17, 15) is 9.59 Å². The Morgan fingerprint density at radius 2 is 1.12 bits per heavy atom. The minimum absolute atomic E-state index is 0.176. The summed E-state index contributed by atoms with van der Waals surface area (Å²) in [4.78, 5) is 26.2. The second kappa shape index (κ2) is 10.7. The summed E-state index contributed by atoms with van der Waals surface area (Å²) in [5.74, 6) is 0.793. The van der Waals surface area contributed by atoms with Crippen LogP contribution in [0.25, 0.3) is 0 Å². The van der Waals surface area contributed by atoms with E-state index in [2.05, 4.69) is 10.6 Å². The van der Waals surface area contributed by atoms with Gasteiger partial charge in [0.25, 0.3) is 11.8 Å². The molecule has 5 heteroatoms. The number of hydrogen-bond acceptors (Lipinski definition) is 3. The number of carbonyl (C=O) groups excluding carboxylic acids is 2. The van der Waals surface area contributed by atoms with Crippen LogP contribution in [-0.4, -0.2) is 11.8 Å². The Morgan fingerprint density at radius 3 is 1.59 bits per heavy atom. The minimum Gasteiger partial charge on any atom is -0.464 e. The van der Waals surface area contributed by atoms with Crippen LogP contribution in [0, 0.1) is 12.8 Å². The molecule has 0 aliphatic carbocycles. The molecular formula is C29H28N2O3. The van der Waals surface area contributed by atoms with Crippen molar-refractivity contribution in [2.45, 2.75) is 25.9 Å². The normalized spacial score (nSPS) is 13.5. The van der Waals surface area contributed by atoms with E-state index >= 15 is 0 Å². The molecule has 1 aromatic heterocycles. The third-order valence-electron chi connectivity index (χ3n) is 5.92. The molecule has 0 unspecified atom stereocenters. The maximum atomic E-state index is 13.1. The Kier molecular flexibility index (Phi) is 7.23. The summed E-state index contributed by atoms with van der Waals surface area (Å²) in [7, 11) is 0. The number of carbonyl (C=O) groups is 2. The van der Waals surface area contributed by atoms with Crippen molar-refractivity contribution in [3.8, 4) is 0 Å². The van der Waals surface area contributed by atoms with Crippen LogP contribution in [0.5, 0.6) is 0 Å². The van der Waals surface area contributed by atoms with E-state index < -0.39 is 6.04 Å². The first kappa shape index (κ1) is 23.1. The number of nitrogens with one attached hydrogen (secondary N) is 2. The SMILES string of the molecule is Cc1ccc([C@@H](NC(=O)c2ccccc2)[C@H](C)[C@@H](NC(=O)c2ccccc2)c2ccccc2)o1. The van der Waals surface area contributed by atoms with E-state index in [0.717, 1.165) is 11.3 Å². The largest absolute Gasteiger partial charge is 0.464 e. The summed E-state index contributed by atoms with van der Waals surface area (Å²) in [5.41, 5.74) is 2.09. The molecule has 34 heavy (non-hydrogen) atoms. The lowest BCUT2D eigenvalue weighted by Gasteiger charge is -2.32. The van der Waals surface area contributed by atoms with Gasteiger partial charge in [-0.1, -0.05) is 73.7 Å². The zero-order valence-electron chi connectivity index (χ0n) is 19.3. The van der Waals surface area contributed by atoms with Crippen LogP contribution in [-0.2, 0) is 0 Å². The first-order chi connectivity index (χ1) is 16.5. The van der Waals surface area contributed by atoms with Crippen molar-refractivity contribution in [2.75, 3.05) is 0 Å². The fourth-order valence-corrected chi connectivity index (χ4v) is 4.08. The van der Waals surface area contributed by atoms with Crippen LogP contribution >= 0.6 is 0 Å². The lowest BCUT2D eigenvalue weighted by atomic mass is 9.86. The summed E-state index contributed by atoms with van der Waals surface area (Å²) in [6, 6.07) is 30.9. The van der Waals surface area contributed by atoms with Gasteiger partial charge in [0.05, 0.1) is 12.1 Å². The highest BCUT2D eigenvalue weighted by Gasteiger charge is 2.33. The molecule has 2 amide bonds. The third-order valence-corrected chi connectivity index (χ3v) is 5.92. The Morgan fingerprint density at radius 1 is 0.647 bits per heavy atom. The fraction of sp³-hybridized carbons (Fsp3) is 0.172. The average molecular weight is 453 g/mol. The topological polar surface area (TPSA) is 71.3 Å². The fourth-order valence-electron chi connectivity index (χ4n) is 4.08. The smallest absolute Gasteiger partial charge is 0.251 e. The van der Waals surface area contributed by atoms with E-state index in [1.165, 1.54) is 0 Å². The van der Waals surface area contributed by atoms with Crippen molar-refractivity contribution < 1.29 is 14.0 Å². The Balaban J connectivity index is 1.68. The second-order valence-electron chi connectivity index (χ2n) is 8.35. The Labute approximate surface area is 199 Å². The van der Waals surface area contributed by atoms with Crippen molar-refractivity contribution >= 4 is 11.8 Å². The van der Waals surface area contributed by atoms with Gasteiger partial charge in [0.1, 0.15) is 11.5 Å². The molecule has 0 spiro atoms. The van der Waals surface area contributed by atoms with E-state index in [4.69, 9.17) is 4.42 Å². The highest BCUT2D eigenvalue weighted by atomic mass is 16.3. The molecule has 0 aliphatic rings. The van der Waals surface area contributed by atoms with Gasteiger partial charge in [0.15, 0.2) is 0 Å². The van der Waals surface area contributed by atoms with Gasteiger partial charge < -0.3 is 15.1 Å². The molecule has 3 atom stereocenters. The number of furan rings is 1. The molecule has 0 radical (unpaired) electrons. The Bertz CT molecular complexity index is 1220. The third kappa shape index (κ3) is 5.44. The molecule has 0 fully saturated rings. The van der Waals surface area contributed by atoms with Crippen LogP contribution in [0.3, 0.4) is 0 Å². The molecule has 0 saturated heterocycles. The molecule has 0 saturated carbocycles. The van der Waals surface area contributed by atoms with Gasteiger partial charge in [-0.25, -0.2) is 0 Å². The molecule has 2 N–H and O–H groups in total. The predicted octanol–water partition coefficient (Wildman–Crippen LogP) is 5.87. The Hall–Kier alpha value is -4.12. The predicted molar refractivity (Wildman–Crippen MR) is 132 cm³/mol. The van der Waals surface area contributed by atoms with Gasteiger partial charge in [-0.05, 0) is 48.9 Å². The first-order valence-electron chi connectivity index (χ1n) is 11.4. The molecule has 0 bridgehead atoms. The van der Waals surface area contributed by atoms with Crippen LogP contribution < -0.4 is 10.6 Å².